The van der Waals surface area contributed by atoms with Gasteiger partial charge in [0, 0.05) is 32.2 Å². The largest absolute Gasteiger partial charge is 0.381 e. The van der Waals surface area contributed by atoms with E-state index in [1.54, 1.807) is 6.07 Å². The van der Waals surface area contributed by atoms with E-state index in [4.69, 9.17) is 16.3 Å². The van der Waals surface area contributed by atoms with Crippen LogP contribution in [0.5, 0.6) is 0 Å². The van der Waals surface area contributed by atoms with Gasteiger partial charge in [0.05, 0.1) is 0 Å². The lowest BCUT2D eigenvalue weighted by Crippen LogP contribution is -2.33. The Morgan fingerprint density at radius 1 is 1.39 bits per heavy atom. The van der Waals surface area contributed by atoms with Crippen molar-refractivity contribution < 1.29 is 4.74 Å². The molecule has 0 radical (unpaired) electrons. The summed E-state index contributed by atoms with van der Waals surface area (Å²) in [6.07, 6.45) is 2.96. The Hall–Kier alpha value is -0.870. The van der Waals surface area contributed by atoms with E-state index in [0.29, 0.717) is 5.15 Å². The number of hydrogen-bond donors (Lipinski definition) is 1. The minimum absolute atomic E-state index is 0.280. The molecule has 1 aromatic rings. The molecule has 0 saturated carbocycles. The highest BCUT2D eigenvalue weighted by molar-refractivity contribution is 6.29. The molecular weight excluding hydrogens is 250 g/mol. The van der Waals surface area contributed by atoms with Gasteiger partial charge in [-0.25, -0.2) is 9.97 Å². The zero-order valence-corrected chi connectivity index (χ0v) is 11.8. The number of aryl methyl sites for hydroxylation is 1. The number of ether oxygens (including phenoxy) is 1. The summed E-state index contributed by atoms with van der Waals surface area (Å²) >= 11 is 5.97. The number of nitrogens with one attached hydrogen (secondary N) is 1. The summed E-state index contributed by atoms with van der Waals surface area (Å²) < 4.78 is 5.40. The molecule has 0 amide bonds. The van der Waals surface area contributed by atoms with Gasteiger partial charge >= 0.3 is 0 Å². The normalized spacial score (nSPS) is 18.6. The van der Waals surface area contributed by atoms with E-state index in [9.17, 15) is 0 Å². The van der Waals surface area contributed by atoms with Gasteiger partial charge in [0.15, 0.2) is 0 Å². The van der Waals surface area contributed by atoms with Gasteiger partial charge in [-0.3, -0.25) is 0 Å². The Bertz CT molecular complexity index is 405. The Morgan fingerprint density at radius 2 is 2.11 bits per heavy atom. The van der Waals surface area contributed by atoms with E-state index in [-0.39, 0.29) is 5.41 Å². The lowest BCUT2D eigenvalue weighted by atomic mass is 9.82. The number of rotatable bonds is 4. The van der Waals surface area contributed by atoms with E-state index in [1.807, 2.05) is 6.92 Å². The molecule has 5 heteroatoms. The predicted octanol–water partition coefficient (Wildman–Crippen LogP) is 2.92. The first-order valence-corrected chi connectivity index (χ1v) is 6.84. The molecule has 1 aliphatic rings. The van der Waals surface area contributed by atoms with E-state index in [0.717, 1.165) is 50.7 Å². The monoisotopic (exact) mass is 269 g/mol. The summed E-state index contributed by atoms with van der Waals surface area (Å²) in [5.41, 5.74) is 0.280. The highest BCUT2D eigenvalue weighted by Crippen LogP contribution is 2.29. The molecule has 0 unspecified atom stereocenters. The van der Waals surface area contributed by atoms with Crippen LogP contribution in [0.3, 0.4) is 0 Å². The highest BCUT2D eigenvalue weighted by Gasteiger charge is 2.27. The molecule has 0 aromatic carbocycles. The molecule has 0 bridgehead atoms. The van der Waals surface area contributed by atoms with Crippen molar-refractivity contribution in [2.75, 3.05) is 25.1 Å². The summed E-state index contributed by atoms with van der Waals surface area (Å²) in [6.45, 7) is 6.90. The summed E-state index contributed by atoms with van der Waals surface area (Å²) in [6, 6.07) is 1.78. The molecule has 0 atom stereocenters. The molecule has 1 saturated heterocycles. The molecule has 1 aliphatic heterocycles. The second-order valence-corrected chi connectivity index (χ2v) is 5.51. The van der Waals surface area contributed by atoms with Crippen LogP contribution in [0.25, 0.3) is 0 Å². The molecule has 2 heterocycles. The zero-order chi connectivity index (χ0) is 13.0. The first kappa shape index (κ1) is 13.6. The summed E-state index contributed by atoms with van der Waals surface area (Å²) in [5.74, 6) is 1.60. The van der Waals surface area contributed by atoms with Crippen molar-refractivity contribution >= 4 is 17.4 Å². The van der Waals surface area contributed by atoms with Crippen LogP contribution in [0.2, 0.25) is 5.15 Å². The minimum atomic E-state index is 0.280. The van der Waals surface area contributed by atoms with E-state index >= 15 is 0 Å². The third kappa shape index (κ3) is 3.56. The molecular formula is C13H20ClN3O. The molecule has 100 valence electrons. The molecule has 18 heavy (non-hydrogen) atoms. The Kier molecular flexibility index (Phi) is 4.40. The summed E-state index contributed by atoms with van der Waals surface area (Å²) in [7, 11) is 0. The number of hydrogen-bond acceptors (Lipinski definition) is 4. The molecule has 4 nitrogen and oxygen atoms in total. The summed E-state index contributed by atoms with van der Waals surface area (Å²) in [5, 5.41) is 3.88. The van der Waals surface area contributed by atoms with Gasteiger partial charge in [-0.1, -0.05) is 25.4 Å². The van der Waals surface area contributed by atoms with Crippen molar-refractivity contribution in [2.24, 2.45) is 5.41 Å². The fraction of sp³-hybridized carbons (Fsp3) is 0.692. The van der Waals surface area contributed by atoms with Gasteiger partial charge in [0.2, 0.25) is 0 Å². The fourth-order valence-electron chi connectivity index (χ4n) is 2.06. The second-order valence-electron chi connectivity index (χ2n) is 5.12. The average molecular weight is 270 g/mol. The fourth-order valence-corrected chi connectivity index (χ4v) is 2.26. The standard InChI is InChI=1S/C13H20ClN3O/c1-3-11-16-10(14)8-12(17-11)15-9-13(2)4-6-18-7-5-13/h8H,3-7,9H2,1-2H3,(H,15,16,17). The second kappa shape index (κ2) is 5.85. The molecule has 0 aliphatic carbocycles. The van der Waals surface area contributed by atoms with Crippen LogP contribution in [-0.2, 0) is 11.2 Å². The first-order valence-electron chi connectivity index (χ1n) is 6.46. The van der Waals surface area contributed by atoms with Gasteiger partial charge in [-0.2, -0.15) is 0 Å². The third-order valence-corrected chi connectivity index (χ3v) is 3.65. The van der Waals surface area contributed by atoms with Crippen LogP contribution >= 0.6 is 11.6 Å². The van der Waals surface area contributed by atoms with Crippen LogP contribution in [0, 0.1) is 5.41 Å². The quantitative estimate of drug-likeness (QED) is 0.854. The Labute approximate surface area is 113 Å². The van der Waals surface area contributed by atoms with Gasteiger partial charge < -0.3 is 10.1 Å². The minimum Gasteiger partial charge on any atom is -0.381 e. The van der Waals surface area contributed by atoms with E-state index in [1.165, 1.54) is 0 Å². The smallest absolute Gasteiger partial charge is 0.134 e. The average Bonchev–Trinajstić information content (AvgIpc) is 2.37. The number of halogens is 1. The lowest BCUT2D eigenvalue weighted by molar-refractivity contribution is 0.0299. The number of aromatic nitrogens is 2. The van der Waals surface area contributed by atoms with Crippen LogP contribution < -0.4 is 5.32 Å². The summed E-state index contributed by atoms with van der Waals surface area (Å²) in [4.78, 5) is 8.59. The van der Waals surface area contributed by atoms with Crippen molar-refractivity contribution in [2.45, 2.75) is 33.1 Å². The van der Waals surface area contributed by atoms with Crippen molar-refractivity contribution in [3.63, 3.8) is 0 Å². The van der Waals surface area contributed by atoms with Crippen LogP contribution in [0.1, 0.15) is 32.5 Å². The molecule has 1 aromatic heterocycles. The van der Waals surface area contributed by atoms with Crippen LogP contribution in [0.4, 0.5) is 5.82 Å². The number of anilines is 1. The predicted molar refractivity (Wildman–Crippen MR) is 73.1 cm³/mol. The zero-order valence-electron chi connectivity index (χ0n) is 11.0. The molecule has 1 fully saturated rings. The highest BCUT2D eigenvalue weighted by atomic mass is 35.5. The van der Waals surface area contributed by atoms with Crippen molar-refractivity contribution in [1.29, 1.82) is 0 Å². The SMILES string of the molecule is CCc1nc(Cl)cc(NCC2(C)CCOCC2)n1. The van der Waals surface area contributed by atoms with Gasteiger partial charge in [0.1, 0.15) is 16.8 Å². The topological polar surface area (TPSA) is 47.0 Å². The molecule has 1 N–H and O–H groups in total. The maximum Gasteiger partial charge on any atom is 0.134 e. The molecule has 2 rings (SSSR count). The maximum absolute atomic E-state index is 5.97. The Balaban J connectivity index is 1.98. The first-order chi connectivity index (χ1) is 8.61. The van der Waals surface area contributed by atoms with Gasteiger partial charge in [-0.15, -0.1) is 0 Å². The van der Waals surface area contributed by atoms with Gasteiger partial charge in [-0.05, 0) is 18.3 Å². The van der Waals surface area contributed by atoms with Crippen LogP contribution in [-0.4, -0.2) is 29.7 Å². The number of nitrogens with zero attached hydrogens (tertiary/aromatic N) is 2. The molecule has 0 spiro atoms. The van der Waals surface area contributed by atoms with E-state index in [2.05, 4.69) is 22.2 Å². The van der Waals surface area contributed by atoms with Crippen LogP contribution in [0.15, 0.2) is 6.07 Å². The van der Waals surface area contributed by atoms with Crippen molar-refractivity contribution in [1.82, 2.24) is 9.97 Å². The van der Waals surface area contributed by atoms with Crippen molar-refractivity contribution in [3.8, 4) is 0 Å². The van der Waals surface area contributed by atoms with Gasteiger partial charge in [0.25, 0.3) is 0 Å². The maximum atomic E-state index is 5.97. The third-order valence-electron chi connectivity index (χ3n) is 3.45. The lowest BCUT2D eigenvalue weighted by Gasteiger charge is -2.33. The van der Waals surface area contributed by atoms with Crippen molar-refractivity contribution in [3.05, 3.63) is 17.0 Å². The Morgan fingerprint density at radius 3 is 2.78 bits per heavy atom. The van der Waals surface area contributed by atoms with E-state index < -0.39 is 0 Å².